The van der Waals surface area contributed by atoms with E-state index in [-0.39, 0.29) is 12.1 Å². The summed E-state index contributed by atoms with van der Waals surface area (Å²) >= 11 is 1.94. The zero-order chi connectivity index (χ0) is 13.0. The van der Waals surface area contributed by atoms with E-state index in [0.29, 0.717) is 0 Å². The summed E-state index contributed by atoms with van der Waals surface area (Å²) in [7, 11) is 3.64. The molecule has 1 saturated heterocycles. The Labute approximate surface area is 112 Å². The molecule has 2 heterocycles. The first-order chi connectivity index (χ1) is 8.81. The predicted octanol–water partition coefficient (Wildman–Crippen LogP) is 1.30. The van der Waals surface area contributed by atoms with E-state index in [4.69, 9.17) is 9.47 Å². The SMILES string of the molecule is CCn1ncc(OC)c1C(NC)C1CSCCO1. The number of aryl methyl sites for hydroxylation is 1. The van der Waals surface area contributed by atoms with E-state index in [9.17, 15) is 0 Å². The quantitative estimate of drug-likeness (QED) is 0.875. The molecule has 0 radical (unpaired) electrons. The van der Waals surface area contributed by atoms with E-state index in [1.165, 1.54) is 0 Å². The van der Waals surface area contributed by atoms with Crippen molar-refractivity contribution in [1.82, 2.24) is 15.1 Å². The Kier molecular flexibility index (Phi) is 4.91. The van der Waals surface area contributed by atoms with Crippen LogP contribution < -0.4 is 10.1 Å². The highest BCUT2D eigenvalue weighted by atomic mass is 32.2. The molecule has 1 aliphatic heterocycles. The number of aromatic nitrogens is 2. The van der Waals surface area contributed by atoms with E-state index in [1.807, 2.05) is 23.5 Å². The van der Waals surface area contributed by atoms with Crippen LogP contribution in [-0.2, 0) is 11.3 Å². The summed E-state index contributed by atoms with van der Waals surface area (Å²) in [4.78, 5) is 0. The van der Waals surface area contributed by atoms with Crippen molar-refractivity contribution in [2.45, 2.75) is 25.6 Å². The minimum Gasteiger partial charge on any atom is -0.493 e. The molecular formula is C12H21N3O2S. The van der Waals surface area contributed by atoms with Gasteiger partial charge in [-0.15, -0.1) is 0 Å². The molecule has 0 amide bonds. The van der Waals surface area contributed by atoms with E-state index < -0.39 is 0 Å². The zero-order valence-corrected chi connectivity index (χ0v) is 12.0. The highest BCUT2D eigenvalue weighted by molar-refractivity contribution is 7.99. The fourth-order valence-electron chi connectivity index (χ4n) is 2.30. The van der Waals surface area contributed by atoms with Crippen LogP contribution in [0.25, 0.3) is 0 Å². The van der Waals surface area contributed by atoms with Gasteiger partial charge in [0.15, 0.2) is 5.75 Å². The lowest BCUT2D eigenvalue weighted by Gasteiger charge is -2.30. The van der Waals surface area contributed by atoms with Gasteiger partial charge in [-0.25, -0.2) is 0 Å². The number of methoxy groups -OCH3 is 1. The lowest BCUT2D eigenvalue weighted by molar-refractivity contribution is 0.0459. The minimum atomic E-state index is 0.121. The van der Waals surface area contributed by atoms with Gasteiger partial charge in [-0.05, 0) is 14.0 Å². The largest absolute Gasteiger partial charge is 0.493 e. The van der Waals surface area contributed by atoms with E-state index in [2.05, 4.69) is 17.3 Å². The number of rotatable bonds is 5. The molecule has 5 nitrogen and oxygen atoms in total. The van der Waals surface area contributed by atoms with Gasteiger partial charge in [0.1, 0.15) is 0 Å². The number of ether oxygens (including phenoxy) is 2. The van der Waals surface area contributed by atoms with Crippen molar-refractivity contribution in [2.24, 2.45) is 0 Å². The van der Waals surface area contributed by atoms with Gasteiger partial charge in [0.25, 0.3) is 0 Å². The summed E-state index contributed by atoms with van der Waals surface area (Å²) in [6.45, 7) is 3.73. The van der Waals surface area contributed by atoms with Crippen molar-refractivity contribution >= 4 is 11.8 Å². The molecule has 0 aliphatic carbocycles. The Hall–Kier alpha value is -0.720. The van der Waals surface area contributed by atoms with Gasteiger partial charge in [0, 0.05) is 18.1 Å². The second-order valence-corrected chi connectivity index (χ2v) is 5.31. The number of hydrogen-bond acceptors (Lipinski definition) is 5. The summed E-state index contributed by atoms with van der Waals surface area (Å²) in [5.41, 5.74) is 1.08. The van der Waals surface area contributed by atoms with Crippen LogP contribution in [0.4, 0.5) is 0 Å². The van der Waals surface area contributed by atoms with Crippen LogP contribution in [0.1, 0.15) is 18.7 Å². The smallest absolute Gasteiger partial charge is 0.161 e. The minimum absolute atomic E-state index is 0.121. The van der Waals surface area contributed by atoms with Crippen LogP contribution in [0.5, 0.6) is 5.75 Å². The standard InChI is InChI=1S/C12H21N3O2S/c1-4-15-12(9(16-3)7-14-15)11(13-2)10-8-18-6-5-17-10/h7,10-11,13H,4-6,8H2,1-3H3. The molecule has 102 valence electrons. The molecule has 1 fully saturated rings. The molecule has 2 atom stereocenters. The Morgan fingerprint density at radius 2 is 2.56 bits per heavy atom. The van der Waals surface area contributed by atoms with Gasteiger partial charge >= 0.3 is 0 Å². The van der Waals surface area contributed by atoms with E-state index in [1.54, 1.807) is 13.3 Å². The van der Waals surface area contributed by atoms with Crippen LogP contribution in [0.15, 0.2) is 6.20 Å². The number of thioether (sulfide) groups is 1. The zero-order valence-electron chi connectivity index (χ0n) is 11.2. The van der Waals surface area contributed by atoms with Gasteiger partial charge in [0.05, 0.1) is 37.8 Å². The Morgan fingerprint density at radius 3 is 3.11 bits per heavy atom. The molecule has 0 saturated carbocycles. The van der Waals surface area contributed by atoms with Crippen LogP contribution in [0, 0.1) is 0 Å². The normalized spacial score (nSPS) is 21.8. The Morgan fingerprint density at radius 1 is 1.72 bits per heavy atom. The fraction of sp³-hybridized carbons (Fsp3) is 0.750. The maximum atomic E-state index is 5.87. The van der Waals surface area contributed by atoms with Crippen molar-refractivity contribution in [3.63, 3.8) is 0 Å². The highest BCUT2D eigenvalue weighted by Gasteiger charge is 2.30. The van der Waals surface area contributed by atoms with Gasteiger partial charge in [-0.3, -0.25) is 4.68 Å². The molecule has 0 aromatic carbocycles. The first kappa shape index (κ1) is 13.7. The van der Waals surface area contributed by atoms with Gasteiger partial charge in [-0.1, -0.05) is 0 Å². The second kappa shape index (κ2) is 6.45. The van der Waals surface area contributed by atoms with E-state index in [0.717, 1.165) is 36.1 Å². The molecule has 2 unspecified atom stereocenters. The van der Waals surface area contributed by atoms with Crippen LogP contribution in [0.2, 0.25) is 0 Å². The molecule has 1 N–H and O–H groups in total. The van der Waals surface area contributed by atoms with Crippen molar-refractivity contribution in [3.05, 3.63) is 11.9 Å². The summed E-state index contributed by atoms with van der Waals surface area (Å²) in [5, 5.41) is 7.70. The predicted molar refractivity (Wildman–Crippen MR) is 73.3 cm³/mol. The lowest BCUT2D eigenvalue weighted by Crippen LogP contribution is -2.38. The van der Waals surface area contributed by atoms with E-state index >= 15 is 0 Å². The average Bonchev–Trinajstić information content (AvgIpc) is 2.84. The molecule has 1 aliphatic rings. The highest BCUT2D eigenvalue weighted by Crippen LogP contribution is 2.31. The van der Waals surface area contributed by atoms with Crippen molar-refractivity contribution in [1.29, 1.82) is 0 Å². The third-order valence-corrected chi connectivity index (χ3v) is 4.20. The third-order valence-electron chi connectivity index (χ3n) is 3.18. The number of nitrogens with one attached hydrogen (secondary N) is 1. The molecular weight excluding hydrogens is 250 g/mol. The maximum absolute atomic E-state index is 5.87. The third kappa shape index (κ3) is 2.65. The second-order valence-electron chi connectivity index (χ2n) is 4.16. The molecule has 1 aromatic heterocycles. The first-order valence-electron chi connectivity index (χ1n) is 6.28. The molecule has 2 rings (SSSR count). The van der Waals surface area contributed by atoms with Crippen molar-refractivity contribution in [3.8, 4) is 5.75 Å². The van der Waals surface area contributed by atoms with Gasteiger partial charge in [-0.2, -0.15) is 16.9 Å². The van der Waals surface area contributed by atoms with Gasteiger partial charge in [0.2, 0.25) is 0 Å². The fourth-order valence-corrected chi connectivity index (χ4v) is 3.20. The molecule has 0 bridgehead atoms. The lowest BCUT2D eigenvalue weighted by atomic mass is 10.1. The monoisotopic (exact) mass is 271 g/mol. The van der Waals surface area contributed by atoms with Crippen molar-refractivity contribution < 1.29 is 9.47 Å². The number of nitrogens with zero attached hydrogens (tertiary/aromatic N) is 2. The average molecular weight is 271 g/mol. The van der Waals surface area contributed by atoms with Crippen molar-refractivity contribution in [2.75, 3.05) is 32.3 Å². The summed E-state index contributed by atoms with van der Waals surface area (Å²) in [6, 6.07) is 0.121. The molecule has 0 spiro atoms. The molecule has 1 aromatic rings. The topological polar surface area (TPSA) is 48.3 Å². The number of likely N-dealkylation sites (N-methyl/N-ethyl adjacent to an activating group) is 1. The number of hydrogen-bond donors (Lipinski definition) is 1. The summed E-state index contributed by atoms with van der Waals surface area (Å²) in [5.74, 6) is 2.91. The Bertz CT molecular complexity index is 356. The first-order valence-corrected chi connectivity index (χ1v) is 7.43. The summed E-state index contributed by atoms with van der Waals surface area (Å²) in [6.07, 6.45) is 1.95. The Balaban J connectivity index is 2.27. The molecule has 18 heavy (non-hydrogen) atoms. The maximum Gasteiger partial charge on any atom is 0.161 e. The van der Waals surface area contributed by atoms with Gasteiger partial charge < -0.3 is 14.8 Å². The van der Waals surface area contributed by atoms with Crippen LogP contribution in [-0.4, -0.2) is 48.2 Å². The summed E-state index contributed by atoms with van der Waals surface area (Å²) < 4.78 is 13.3. The van der Waals surface area contributed by atoms with Crippen LogP contribution >= 0.6 is 11.8 Å². The molecule has 6 heteroatoms. The van der Waals surface area contributed by atoms with Crippen LogP contribution in [0.3, 0.4) is 0 Å².